The molecule has 0 aliphatic heterocycles. The van der Waals surface area contributed by atoms with Gasteiger partial charge < -0.3 is 0 Å². The molecular weight excluding hydrogens is 212 g/mol. The van der Waals surface area contributed by atoms with E-state index in [1.165, 1.54) is 12.5 Å². The van der Waals surface area contributed by atoms with E-state index in [1.807, 2.05) is 0 Å². The van der Waals surface area contributed by atoms with Crippen molar-refractivity contribution in [2.24, 2.45) is 0 Å². The van der Waals surface area contributed by atoms with Crippen LogP contribution in [0.1, 0.15) is 16.1 Å². The van der Waals surface area contributed by atoms with Gasteiger partial charge in [0.15, 0.2) is 0 Å². The van der Waals surface area contributed by atoms with Gasteiger partial charge in [0.2, 0.25) is 5.78 Å². The van der Waals surface area contributed by atoms with Crippen LogP contribution in [0, 0.1) is 0 Å². The summed E-state index contributed by atoms with van der Waals surface area (Å²) >= 11 is 5.79. The van der Waals surface area contributed by atoms with Gasteiger partial charge in [0.1, 0.15) is 12.0 Å². The smallest absolute Gasteiger partial charge is 0.211 e. The second-order valence-corrected chi connectivity index (χ2v) is 3.37. The highest BCUT2D eigenvalue weighted by atomic mass is 35.5. The molecule has 0 bridgehead atoms. The molecule has 0 N–H and O–H groups in total. The van der Waals surface area contributed by atoms with Crippen LogP contribution < -0.4 is 0 Å². The molecular formula is C11H7ClN2O. The Kier molecular flexibility index (Phi) is 2.74. The molecule has 3 nitrogen and oxygen atoms in total. The fraction of sp³-hybridized carbons (Fsp3) is 0. The van der Waals surface area contributed by atoms with Gasteiger partial charge in [-0.25, -0.2) is 9.97 Å². The molecule has 0 fully saturated rings. The minimum Gasteiger partial charge on any atom is -0.287 e. The molecule has 74 valence electrons. The molecule has 0 saturated heterocycles. The minimum atomic E-state index is -0.153. The summed E-state index contributed by atoms with van der Waals surface area (Å²) in [7, 11) is 0. The standard InChI is InChI=1S/C11H7ClN2O/c12-9-3-1-2-8(6-9)11(15)10-4-5-13-7-14-10/h1-7H. The molecule has 2 aromatic rings. The summed E-state index contributed by atoms with van der Waals surface area (Å²) in [5.74, 6) is -0.153. The van der Waals surface area contributed by atoms with Gasteiger partial charge in [-0.15, -0.1) is 0 Å². The zero-order valence-electron chi connectivity index (χ0n) is 7.72. The van der Waals surface area contributed by atoms with E-state index in [0.29, 0.717) is 16.3 Å². The summed E-state index contributed by atoms with van der Waals surface area (Å²) in [6.07, 6.45) is 2.88. The molecule has 2 rings (SSSR count). The molecule has 4 heteroatoms. The Labute approximate surface area is 91.8 Å². The molecule has 15 heavy (non-hydrogen) atoms. The summed E-state index contributed by atoms with van der Waals surface area (Å²) in [5, 5.41) is 0.537. The molecule has 0 aliphatic rings. The summed E-state index contributed by atoms with van der Waals surface area (Å²) in [5.41, 5.74) is 0.897. The van der Waals surface area contributed by atoms with Gasteiger partial charge in [0.25, 0.3) is 0 Å². The predicted octanol–water partition coefficient (Wildman–Crippen LogP) is 2.36. The van der Waals surface area contributed by atoms with E-state index < -0.39 is 0 Å². The van der Waals surface area contributed by atoms with E-state index in [9.17, 15) is 4.79 Å². The number of halogens is 1. The number of aromatic nitrogens is 2. The van der Waals surface area contributed by atoms with Crippen LogP contribution in [0.15, 0.2) is 42.9 Å². The fourth-order valence-electron chi connectivity index (χ4n) is 1.20. The van der Waals surface area contributed by atoms with E-state index in [-0.39, 0.29) is 5.78 Å². The first-order valence-corrected chi connectivity index (χ1v) is 4.71. The second kappa shape index (κ2) is 4.19. The van der Waals surface area contributed by atoms with Crippen molar-refractivity contribution in [2.45, 2.75) is 0 Å². The molecule has 1 aromatic carbocycles. The molecule has 0 radical (unpaired) electrons. The third-order valence-corrected chi connectivity index (χ3v) is 2.14. The molecule has 1 aromatic heterocycles. The van der Waals surface area contributed by atoms with Crippen LogP contribution in [-0.2, 0) is 0 Å². The molecule has 0 amide bonds. The van der Waals surface area contributed by atoms with Crippen molar-refractivity contribution >= 4 is 17.4 Å². The van der Waals surface area contributed by atoms with Crippen molar-refractivity contribution in [3.63, 3.8) is 0 Å². The molecule has 0 unspecified atom stereocenters. The first-order valence-electron chi connectivity index (χ1n) is 4.33. The summed E-state index contributed by atoms with van der Waals surface area (Å²) in [6, 6.07) is 8.35. The Bertz CT molecular complexity index is 485. The number of hydrogen-bond acceptors (Lipinski definition) is 3. The van der Waals surface area contributed by atoms with Crippen molar-refractivity contribution in [3.05, 3.63) is 59.1 Å². The maximum Gasteiger partial charge on any atom is 0.211 e. The quantitative estimate of drug-likeness (QED) is 0.727. The topological polar surface area (TPSA) is 42.9 Å². The SMILES string of the molecule is O=C(c1cccc(Cl)c1)c1ccncn1. The minimum absolute atomic E-state index is 0.153. The van der Waals surface area contributed by atoms with Crippen molar-refractivity contribution in [3.8, 4) is 0 Å². The van der Waals surface area contributed by atoms with Crippen molar-refractivity contribution in [1.29, 1.82) is 0 Å². The Balaban J connectivity index is 2.37. The maximum absolute atomic E-state index is 11.8. The van der Waals surface area contributed by atoms with Crippen molar-refractivity contribution in [2.75, 3.05) is 0 Å². The van der Waals surface area contributed by atoms with Crippen LogP contribution in [0.5, 0.6) is 0 Å². The number of hydrogen-bond donors (Lipinski definition) is 0. The van der Waals surface area contributed by atoms with Gasteiger partial charge in [-0.05, 0) is 18.2 Å². The zero-order chi connectivity index (χ0) is 10.7. The number of benzene rings is 1. The van der Waals surface area contributed by atoms with Crippen LogP contribution in [0.4, 0.5) is 0 Å². The lowest BCUT2D eigenvalue weighted by Gasteiger charge is -1.99. The highest BCUT2D eigenvalue weighted by Gasteiger charge is 2.09. The van der Waals surface area contributed by atoms with Gasteiger partial charge >= 0.3 is 0 Å². The average molecular weight is 219 g/mol. The molecule has 0 atom stereocenters. The number of nitrogens with zero attached hydrogens (tertiary/aromatic N) is 2. The number of ketones is 1. The first-order chi connectivity index (χ1) is 7.27. The van der Waals surface area contributed by atoms with E-state index >= 15 is 0 Å². The third kappa shape index (κ3) is 2.19. The Morgan fingerprint density at radius 1 is 1.27 bits per heavy atom. The molecule has 0 spiro atoms. The summed E-state index contributed by atoms with van der Waals surface area (Å²) in [6.45, 7) is 0. The number of rotatable bonds is 2. The highest BCUT2D eigenvalue weighted by Crippen LogP contribution is 2.13. The van der Waals surface area contributed by atoms with Crippen LogP contribution in [0.3, 0.4) is 0 Å². The van der Waals surface area contributed by atoms with Crippen LogP contribution in [0.2, 0.25) is 5.02 Å². The largest absolute Gasteiger partial charge is 0.287 e. The maximum atomic E-state index is 11.8. The molecule has 0 saturated carbocycles. The lowest BCUT2D eigenvalue weighted by Crippen LogP contribution is -2.03. The summed E-state index contributed by atoms with van der Waals surface area (Å²) < 4.78 is 0. The predicted molar refractivity (Wildman–Crippen MR) is 56.9 cm³/mol. The normalized spacial score (nSPS) is 9.93. The van der Waals surface area contributed by atoms with E-state index in [0.717, 1.165) is 0 Å². The number of carbonyl (C=O) groups excluding carboxylic acids is 1. The van der Waals surface area contributed by atoms with Crippen LogP contribution >= 0.6 is 11.6 Å². The Morgan fingerprint density at radius 3 is 2.80 bits per heavy atom. The molecule has 1 heterocycles. The third-order valence-electron chi connectivity index (χ3n) is 1.90. The van der Waals surface area contributed by atoms with Crippen molar-refractivity contribution in [1.82, 2.24) is 9.97 Å². The highest BCUT2D eigenvalue weighted by molar-refractivity contribution is 6.31. The monoisotopic (exact) mass is 218 g/mol. The van der Waals surface area contributed by atoms with E-state index in [2.05, 4.69) is 9.97 Å². The lowest BCUT2D eigenvalue weighted by molar-refractivity contribution is 0.103. The van der Waals surface area contributed by atoms with Gasteiger partial charge in [-0.3, -0.25) is 4.79 Å². The second-order valence-electron chi connectivity index (χ2n) is 2.93. The number of carbonyl (C=O) groups is 1. The van der Waals surface area contributed by atoms with Crippen LogP contribution in [0.25, 0.3) is 0 Å². The van der Waals surface area contributed by atoms with Gasteiger partial charge in [-0.2, -0.15) is 0 Å². The summed E-state index contributed by atoms with van der Waals surface area (Å²) in [4.78, 5) is 19.5. The first kappa shape index (κ1) is 9.80. The fourth-order valence-corrected chi connectivity index (χ4v) is 1.39. The van der Waals surface area contributed by atoms with E-state index in [1.54, 1.807) is 30.3 Å². The van der Waals surface area contributed by atoms with Gasteiger partial charge in [0.05, 0.1) is 0 Å². The van der Waals surface area contributed by atoms with Crippen molar-refractivity contribution < 1.29 is 4.79 Å². The average Bonchev–Trinajstić information content (AvgIpc) is 2.29. The van der Waals surface area contributed by atoms with Gasteiger partial charge in [-0.1, -0.05) is 23.7 Å². The van der Waals surface area contributed by atoms with Gasteiger partial charge in [0, 0.05) is 16.8 Å². The van der Waals surface area contributed by atoms with E-state index in [4.69, 9.17) is 11.6 Å². The Hall–Kier alpha value is -1.74. The van der Waals surface area contributed by atoms with Crippen LogP contribution in [-0.4, -0.2) is 15.8 Å². The lowest BCUT2D eigenvalue weighted by atomic mass is 10.1. The Morgan fingerprint density at radius 2 is 2.13 bits per heavy atom. The molecule has 0 aliphatic carbocycles. The zero-order valence-corrected chi connectivity index (χ0v) is 8.48.